The lowest BCUT2D eigenvalue weighted by molar-refractivity contribution is -0.137. The number of alkyl halides is 3. The Hall–Kier alpha value is -2.83. The molecule has 4 nitrogen and oxygen atoms in total. The smallest absolute Gasteiger partial charge is 0.416 e. The number of piperidine rings is 1. The van der Waals surface area contributed by atoms with Crippen LogP contribution in [0.1, 0.15) is 29.9 Å². The van der Waals surface area contributed by atoms with Crippen molar-refractivity contribution in [1.29, 1.82) is 0 Å². The van der Waals surface area contributed by atoms with Gasteiger partial charge >= 0.3 is 6.18 Å². The van der Waals surface area contributed by atoms with E-state index in [9.17, 15) is 22.8 Å². The van der Waals surface area contributed by atoms with Crippen LogP contribution in [0.3, 0.4) is 0 Å². The Kier molecular flexibility index (Phi) is 4.71. The van der Waals surface area contributed by atoms with E-state index in [-0.39, 0.29) is 24.4 Å². The lowest BCUT2D eigenvalue weighted by Crippen LogP contribution is -2.42. The highest BCUT2D eigenvalue weighted by atomic mass is 19.4. The number of hydrogen-bond donors (Lipinski definition) is 0. The molecular formula is C19H16F3NO3. The molecule has 1 saturated heterocycles. The van der Waals surface area contributed by atoms with Gasteiger partial charge < -0.3 is 4.74 Å². The Morgan fingerprint density at radius 1 is 0.923 bits per heavy atom. The van der Waals surface area contributed by atoms with Gasteiger partial charge in [-0.25, -0.2) is 0 Å². The normalized spacial score (nSPS) is 16.1. The van der Waals surface area contributed by atoms with Crippen molar-refractivity contribution in [2.45, 2.75) is 24.9 Å². The zero-order valence-electron chi connectivity index (χ0n) is 13.9. The molecule has 26 heavy (non-hydrogen) atoms. The molecule has 136 valence electrons. The molecule has 0 spiro atoms. The number of carbonyl (C=O) groups excluding carboxylic acids is 2. The summed E-state index contributed by atoms with van der Waals surface area (Å²) in [4.78, 5) is 25.9. The number of nitrogens with zero attached hydrogens (tertiary/aromatic N) is 1. The summed E-state index contributed by atoms with van der Waals surface area (Å²) in [6.45, 7) is 0. The van der Waals surface area contributed by atoms with E-state index in [2.05, 4.69) is 0 Å². The number of ether oxygens (including phenoxy) is 1. The molecule has 7 heteroatoms. The van der Waals surface area contributed by atoms with Gasteiger partial charge in [-0.2, -0.15) is 13.2 Å². The summed E-state index contributed by atoms with van der Waals surface area (Å²) in [7, 11) is 1.55. The molecule has 1 aliphatic heterocycles. The third kappa shape index (κ3) is 3.56. The van der Waals surface area contributed by atoms with Crippen LogP contribution in [0.4, 0.5) is 18.9 Å². The lowest BCUT2D eigenvalue weighted by Gasteiger charge is -2.30. The zero-order valence-corrected chi connectivity index (χ0v) is 13.9. The summed E-state index contributed by atoms with van der Waals surface area (Å²) in [5, 5.41) is 0. The van der Waals surface area contributed by atoms with Crippen LogP contribution in [-0.4, -0.2) is 18.9 Å². The van der Waals surface area contributed by atoms with Crippen LogP contribution < -0.4 is 9.64 Å². The highest BCUT2D eigenvalue weighted by Gasteiger charge is 2.35. The first kappa shape index (κ1) is 18.0. The minimum Gasteiger partial charge on any atom is -0.497 e. The molecule has 0 aliphatic carbocycles. The van der Waals surface area contributed by atoms with E-state index in [1.54, 1.807) is 31.4 Å². The first-order valence-electron chi connectivity index (χ1n) is 7.96. The SMILES string of the molecule is COc1ccc(C2CC(=O)N(c3ccc(C(F)(F)F)cc3)C(=O)C2)cc1. The Morgan fingerprint density at radius 3 is 1.92 bits per heavy atom. The van der Waals surface area contributed by atoms with E-state index >= 15 is 0 Å². The van der Waals surface area contributed by atoms with Gasteiger partial charge in [-0.15, -0.1) is 0 Å². The molecule has 0 saturated carbocycles. The van der Waals surface area contributed by atoms with E-state index in [0.29, 0.717) is 5.75 Å². The van der Waals surface area contributed by atoms with Gasteiger partial charge in [-0.3, -0.25) is 14.5 Å². The number of amides is 2. The maximum Gasteiger partial charge on any atom is 0.416 e. The van der Waals surface area contributed by atoms with Gasteiger partial charge in [-0.1, -0.05) is 12.1 Å². The molecule has 1 fully saturated rings. The fourth-order valence-electron chi connectivity index (χ4n) is 3.01. The van der Waals surface area contributed by atoms with Crippen molar-refractivity contribution in [3.8, 4) is 5.75 Å². The van der Waals surface area contributed by atoms with Crippen molar-refractivity contribution in [2.24, 2.45) is 0 Å². The third-order valence-electron chi connectivity index (χ3n) is 4.38. The molecule has 0 radical (unpaired) electrons. The van der Waals surface area contributed by atoms with Crippen molar-refractivity contribution in [1.82, 2.24) is 0 Å². The molecule has 1 aliphatic rings. The second-order valence-corrected chi connectivity index (χ2v) is 6.05. The predicted molar refractivity (Wildman–Crippen MR) is 88.9 cm³/mol. The minimum absolute atomic E-state index is 0.110. The predicted octanol–water partition coefficient (Wildman–Crippen LogP) is 4.15. The molecule has 0 aromatic heterocycles. The molecular weight excluding hydrogens is 347 g/mol. The fraction of sp³-hybridized carbons (Fsp3) is 0.263. The number of rotatable bonds is 3. The second-order valence-electron chi connectivity index (χ2n) is 6.05. The summed E-state index contributed by atoms with van der Waals surface area (Å²) in [5.41, 5.74) is 0.176. The zero-order chi connectivity index (χ0) is 18.9. The largest absolute Gasteiger partial charge is 0.497 e. The average molecular weight is 363 g/mol. The van der Waals surface area contributed by atoms with Crippen molar-refractivity contribution in [3.05, 3.63) is 59.7 Å². The van der Waals surface area contributed by atoms with Crippen LogP contribution >= 0.6 is 0 Å². The Balaban J connectivity index is 1.78. The van der Waals surface area contributed by atoms with E-state index in [1.165, 1.54) is 0 Å². The molecule has 2 amide bonds. The van der Waals surface area contributed by atoms with Crippen molar-refractivity contribution < 1.29 is 27.5 Å². The standard InChI is InChI=1S/C19H16F3NO3/c1-26-16-8-2-12(3-9-16)13-10-17(24)23(18(25)11-13)15-6-4-14(5-7-15)19(20,21)22/h2-9,13H,10-11H2,1H3. The highest BCUT2D eigenvalue weighted by molar-refractivity contribution is 6.17. The summed E-state index contributed by atoms with van der Waals surface area (Å²) >= 11 is 0. The number of methoxy groups -OCH3 is 1. The van der Waals surface area contributed by atoms with Crippen molar-refractivity contribution in [2.75, 3.05) is 12.0 Å². The van der Waals surface area contributed by atoms with E-state index < -0.39 is 23.6 Å². The van der Waals surface area contributed by atoms with Gasteiger partial charge in [0.15, 0.2) is 0 Å². The third-order valence-corrected chi connectivity index (χ3v) is 4.38. The van der Waals surface area contributed by atoms with Crippen LogP contribution in [-0.2, 0) is 15.8 Å². The number of carbonyl (C=O) groups is 2. The van der Waals surface area contributed by atoms with Gasteiger partial charge in [0.2, 0.25) is 11.8 Å². The summed E-state index contributed by atoms with van der Waals surface area (Å²) < 4.78 is 43.0. The Morgan fingerprint density at radius 2 is 1.46 bits per heavy atom. The molecule has 0 N–H and O–H groups in total. The number of imide groups is 1. The maximum absolute atomic E-state index is 12.7. The van der Waals surface area contributed by atoms with Crippen LogP contribution in [0, 0.1) is 0 Å². The summed E-state index contributed by atoms with van der Waals surface area (Å²) in [5.74, 6) is -0.441. The van der Waals surface area contributed by atoms with E-state index in [0.717, 1.165) is 34.7 Å². The van der Waals surface area contributed by atoms with Gasteiger partial charge in [0.05, 0.1) is 18.4 Å². The number of halogens is 3. The van der Waals surface area contributed by atoms with E-state index in [1.807, 2.05) is 0 Å². The van der Waals surface area contributed by atoms with Gasteiger partial charge in [0.25, 0.3) is 0 Å². The molecule has 0 bridgehead atoms. The van der Waals surface area contributed by atoms with Crippen LogP contribution in [0.25, 0.3) is 0 Å². The highest BCUT2D eigenvalue weighted by Crippen LogP contribution is 2.35. The monoisotopic (exact) mass is 363 g/mol. The van der Waals surface area contributed by atoms with Crippen molar-refractivity contribution in [3.63, 3.8) is 0 Å². The van der Waals surface area contributed by atoms with E-state index in [4.69, 9.17) is 4.74 Å². The second kappa shape index (κ2) is 6.82. The molecule has 2 aromatic rings. The van der Waals surface area contributed by atoms with Crippen LogP contribution in [0.2, 0.25) is 0 Å². The Labute approximate surface area is 148 Å². The number of benzene rings is 2. The molecule has 3 rings (SSSR count). The number of hydrogen-bond acceptors (Lipinski definition) is 3. The Bertz CT molecular complexity index is 795. The topological polar surface area (TPSA) is 46.6 Å². The maximum atomic E-state index is 12.7. The van der Waals surface area contributed by atoms with Crippen LogP contribution in [0.5, 0.6) is 5.75 Å². The number of anilines is 1. The minimum atomic E-state index is -4.46. The average Bonchev–Trinajstić information content (AvgIpc) is 2.61. The van der Waals surface area contributed by atoms with Gasteiger partial charge in [-0.05, 0) is 42.0 Å². The molecule has 1 heterocycles. The lowest BCUT2D eigenvalue weighted by atomic mass is 9.88. The van der Waals surface area contributed by atoms with Crippen molar-refractivity contribution >= 4 is 17.5 Å². The molecule has 2 aromatic carbocycles. The van der Waals surface area contributed by atoms with Gasteiger partial charge in [0, 0.05) is 18.8 Å². The van der Waals surface area contributed by atoms with Gasteiger partial charge in [0.1, 0.15) is 5.75 Å². The summed E-state index contributed by atoms with van der Waals surface area (Å²) in [6.07, 6.45) is -4.24. The molecule has 0 atom stereocenters. The van der Waals surface area contributed by atoms with Crippen LogP contribution in [0.15, 0.2) is 48.5 Å². The molecule has 0 unspecified atom stereocenters. The summed E-state index contributed by atoms with van der Waals surface area (Å²) in [6, 6.07) is 11.1. The first-order valence-corrected chi connectivity index (χ1v) is 7.96. The fourth-order valence-corrected chi connectivity index (χ4v) is 3.01. The quantitative estimate of drug-likeness (QED) is 0.770. The first-order chi connectivity index (χ1) is 12.3.